The molecule has 0 unspecified atom stereocenters. The van der Waals surface area contributed by atoms with E-state index < -0.39 is 17.4 Å². The normalized spacial score (nSPS) is 25.7. The molecule has 4 heterocycles. The zero-order valence-corrected chi connectivity index (χ0v) is 16.2. The van der Waals surface area contributed by atoms with Crippen molar-refractivity contribution in [2.24, 2.45) is 4.99 Å². The lowest BCUT2D eigenvalue weighted by Crippen LogP contribution is -2.63. The van der Waals surface area contributed by atoms with E-state index in [4.69, 9.17) is 9.73 Å². The van der Waals surface area contributed by atoms with Gasteiger partial charge in [-0.25, -0.2) is 9.79 Å². The zero-order valence-electron chi connectivity index (χ0n) is 16.2. The molecule has 8 nitrogen and oxygen atoms in total. The van der Waals surface area contributed by atoms with E-state index in [0.29, 0.717) is 18.2 Å². The minimum absolute atomic E-state index is 0.00818. The Morgan fingerprint density at radius 2 is 2.14 bits per heavy atom. The van der Waals surface area contributed by atoms with E-state index in [1.165, 1.54) is 0 Å². The fourth-order valence-corrected chi connectivity index (χ4v) is 4.53. The Morgan fingerprint density at radius 1 is 1.36 bits per heavy atom. The quantitative estimate of drug-likeness (QED) is 0.734. The Hall–Kier alpha value is -3.03. The minimum Gasteiger partial charge on any atom is -0.444 e. The van der Waals surface area contributed by atoms with Gasteiger partial charge in [-0.05, 0) is 45.7 Å². The topological polar surface area (TPSA) is 88.0 Å². The molecule has 0 bridgehead atoms. The Balaban J connectivity index is 1.58. The largest absolute Gasteiger partial charge is 0.444 e. The zero-order chi connectivity index (χ0) is 19.7. The highest BCUT2D eigenvalue weighted by Crippen LogP contribution is 2.46. The third-order valence-electron chi connectivity index (χ3n) is 5.51. The third-order valence-corrected chi connectivity index (χ3v) is 5.51. The number of carbonyl (C=O) groups excluding carboxylic acids is 2. The van der Waals surface area contributed by atoms with Crippen LogP contribution in [0, 0.1) is 0 Å². The van der Waals surface area contributed by atoms with Crippen molar-refractivity contribution in [1.29, 1.82) is 0 Å². The maximum absolute atomic E-state index is 13.2. The number of rotatable bonds is 0. The van der Waals surface area contributed by atoms with Crippen molar-refractivity contribution in [3.63, 3.8) is 0 Å². The lowest BCUT2D eigenvalue weighted by Gasteiger charge is -2.43. The molecule has 2 aromatic rings. The summed E-state index contributed by atoms with van der Waals surface area (Å²) in [7, 11) is 0. The number of fused-ring (bicyclic) bond motifs is 4. The van der Waals surface area contributed by atoms with Crippen LogP contribution in [0.1, 0.15) is 50.3 Å². The summed E-state index contributed by atoms with van der Waals surface area (Å²) in [6, 6.07) is 9.84. The lowest BCUT2D eigenvalue weighted by atomic mass is 10.0. The fourth-order valence-electron chi connectivity index (χ4n) is 4.53. The summed E-state index contributed by atoms with van der Waals surface area (Å²) >= 11 is 0. The van der Waals surface area contributed by atoms with E-state index in [1.54, 1.807) is 0 Å². The van der Waals surface area contributed by atoms with Gasteiger partial charge in [0.25, 0.3) is 5.91 Å². The van der Waals surface area contributed by atoms with Gasteiger partial charge in [-0.3, -0.25) is 10.1 Å². The van der Waals surface area contributed by atoms with Crippen molar-refractivity contribution in [2.45, 2.75) is 51.0 Å². The summed E-state index contributed by atoms with van der Waals surface area (Å²) < 4.78 is 7.35. The van der Waals surface area contributed by atoms with Crippen LogP contribution in [0.25, 0.3) is 10.9 Å². The molecular formula is C20H23N5O3. The number of nitrogens with one attached hydrogen (secondary N) is 2. The summed E-state index contributed by atoms with van der Waals surface area (Å²) in [5.74, 6) is 0.329. The Bertz CT molecular complexity index is 1030. The average molecular weight is 381 g/mol. The van der Waals surface area contributed by atoms with E-state index in [2.05, 4.69) is 10.6 Å². The van der Waals surface area contributed by atoms with Gasteiger partial charge in [-0.15, -0.1) is 0 Å². The van der Waals surface area contributed by atoms with Crippen LogP contribution >= 0.6 is 0 Å². The molecule has 0 saturated carbocycles. The average Bonchev–Trinajstić information content (AvgIpc) is 3.28. The second-order valence-corrected chi connectivity index (χ2v) is 8.55. The number of aromatic nitrogens is 1. The number of para-hydroxylation sites is 1. The van der Waals surface area contributed by atoms with E-state index >= 15 is 0 Å². The number of aliphatic imine (C=N–C) groups is 1. The smallest absolute Gasteiger partial charge is 0.414 e. The van der Waals surface area contributed by atoms with Crippen molar-refractivity contribution in [3.8, 4) is 0 Å². The van der Waals surface area contributed by atoms with Crippen LogP contribution < -0.4 is 10.6 Å². The molecule has 5 rings (SSSR count). The molecule has 2 amide bonds. The molecule has 3 aliphatic heterocycles. The third kappa shape index (κ3) is 2.33. The van der Waals surface area contributed by atoms with Crippen LogP contribution in [0.3, 0.4) is 0 Å². The maximum atomic E-state index is 13.2. The Labute approximate surface area is 162 Å². The first-order valence-corrected chi connectivity index (χ1v) is 9.56. The molecule has 1 aromatic carbocycles. The van der Waals surface area contributed by atoms with Crippen molar-refractivity contribution < 1.29 is 14.3 Å². The molecule has 2 N–H and O–H groups in total. The Kier molecular flexibility index (Phi) is 3.36. The van der Waals surface area contributed by atoms with E-state index in [9.17, 15) is 9.59 Å². The highest BCUT2D eigenvalue weighted by atomic mass is 16.6. The van der Waals surface area contributed by atoms with Gasteiger partial charge in [0.05, 0.1) is 5.52 Å². The second-order valence-electron chi connectivity index (χ2n) is 8.55. The highest BCUT2D eigenvalue weighted by molar-refractivity contribution is 6.02. The van der Waals surface area contributed by atoms with Crippen LogP contribution in [0.4, 0.5) is 4.79 Å². The molecular weight excluding hydrogens is 358 g/mol. The van der Waals surface area contributed by atoms with Gasteiger partial charge in [-0.1, -0.05) is 18.2 Å². The minimum atomic E-state index is -0.657. The predicted octanol–water partition coefficient (Wildman–Crippen LogP) is 2.57. The summed E-state index contributed by atoms with van der Waals surface area (Å²) in [4.78, 5) is 32.1. The number of ether oxygens (including phenoxy) is 1. The number of hydrogen-bond acceptors (Lipinski definition) is 5. The number of hydrogen-bond donors (Lipinski definition) is 2. The highest BCUT2D eigenvalue weighted by Gasteiger charge is 2.58. The summed E-state index contributed by atoms with van der Waals surface area (Å²) in [6.07, 6.45) is 0.737. The van der Waals surface area contributed by atoms with Gasteiger partial charge in [0.2, 0.25) is 5.96 Å². The fraction of sp³-hybridized carbons (Fsp3) is 0.450. The second kappa shape index (κ2) is 5.50. The van der Waals surface area contributed by atoms with Gasteiger partial charge < -0.3 is 19.5 Å². The van der Waals surface area contributed by atoms with E-state index in [1.807, 2.05) is 60.6 Å². The number of guanidine groups is 1. The van der Waals surface area contributed by atoms with Crippen molar-refractivity contribution in [3.05, 3.63) is 36.0 Å². The molecule has 1 spiro atoms. The molecule has 0 radical (unpaired) electrons. The van der Waals surface area contributed by atoms with Crippen molar-refractivity contribution in [1.82, 2.24) is 20.1 Å². The van der Waals surface area contributed by atoms with E-state index in [0.717, 1.165) is 23.7 Å². The summed E-state index contributed by atoms with van der Waals surface area (Å²) in [5.41, 5.74) is 0.336. The van der Waals surface area contributed by atoms with Crippen molar-refractivity contribution >= 4 is 28.9 Å². The first-order chi connectivity index (χ1) is 13.3. The van der Waals surface area contributed by atoms with Gasteiger partial charge in [-0.2, -0.15) is 0 Å². The predicted molar refractivity (Wildman–Crippen MR) is 104 cm³/mol. The number of carbonyl (C=O) groups is 2. The van der Waals surface area contributed by atoms with Gasteiger partial charge in [0.1, 0.15) is 11.3 Å². The molecule has 2 atom stereocenters. The summed E-state index contributed by atoms with van der Waals surface area (Å²) in [6.45, 7) is 6.10. The molecule has 146 valence electrons. The molecule has 1 saturated heterocycles. The van der Waals surface area contributed by atoms with E-state index in [-0.39, 0.29) is 12.1 Å². The molecule has 1 fully saturated rings. The van der Waals surface area contributed by atoms with Gasteiger partial charge in [0, 0.05) is 11.9 Å². The molecule has 1 aromatic heterocycles. The standard InChI is InChI=1S/C20H23N5O3/c1-19(2,3)28-18(27)22-17-21-16-20(23-17)9-6-10-24(20)15(26)14-11-12-7-4-5-8-13(12)25(14)16/h4-5,7-8,11,16H,6,9-10H2,1-3H3,(H2,21,22,23,27)/t16-,20+/m0/s1. The SMILES string of the molecule is CC(C)(C)OC(=O)NC1=N[C@H]2n3c(cc4ccccc43)C(=O)N3CCC[C@]23N1. The Morgan fingerprint density at radius 3 is 2.93 bits per heavy atom. The first kappa shape index (κ1) is 17.1. The number of benzene rings is 1. The lowest BCUT2D eigenvalue weighted by molar-refractivity contribution is 0.0335. The summed E-state index contributed by atoms with van der Waals surface area (Å²) in [5, 5.41) is 7.05. The van der Waals surface area contributed by atoms with Crippen LogP contribution in [-0.2, 0) is 4.74 Å². The molecule has 28 heavy (non-hydrogen) atoms. The first-order valence-electron chi connectivity index (χ1n) is 9.56. The number of nitrogens with zero attached hydrogens (tertiary/aromatic N) is 3. The van der Waals surface area contributed by atoms with Crippen LogP contribution in [0.2, 0.25) is 0 Å². The van der Waals surface area contributed by atoms with Gasteiger partial charge >= 0.3 is 6.09 Å². The number of alkyl carbamates (subject to hydrolysis) is 1. The van der Waals surface area contributed by atoms with Crippen LogP contribution in [-0.4, -0.2) is 45.2 Å². The van der Waals surface area contributed by atoms with Gasteiger partial charge in [0.15, 0.2) is 11.8 Å². The molecule has 8 heteroatoms. The maximum Gasteiger partial charge on any atom is 0.414 e. The number of amides is 2. The van der Waals surface area contributed by atoms with Crippen LogP contribution in [0.15, 0.2) is 35.3 Å². The monoisotopic (exact) mass is 381 g/mol. The van der Waals surface area contributed by atoms with Crippen molar-refractivity contribution in [2.75, 3.05) is 6.54 Å². The molecule has 0 aliphatic carbocycles. The molecule has 3 aliphatic rings. The van der Waals surface area contributed by atoms with Crippen LogP contribution in [0.5, 0.6) is 0 Å².